The van der Waals surface area contributed by atoms with Gasteiger partial charge >= 0.3 is 0 Å². The Hall–Kier alpha value is -1.79. The maximum atomic E-state index is 12.4. The third kappa shape index (κ3) is 2.71. The zero-order chi connectivity index (χ0) is 13.9. The summed E-state index contributed by atoms with van der Waals surface area (Å²) >= 11 is 1.50. The van der Waals surface area contributed by atoms with Gasteiger partial charge in [0.2, 0.25) is 0 Å². The number of aromatic nitrogens is 2. The van der Waals surface area contributed by atoms with Crippen LogP contribution >= 0.6 is 11.3 Å². The topological polar surface area (TPSA) is 49.3 Å². The Morgan fingerprint density at radius 3 is 2.60 bits per heavy atom. The van der Waals surface area contributed by atoms with Gasteiger partial charge in [-0.3, -0.25) is 9.78 Å². The van der Waals surface area contributed by atoms with Crippen molar-refractivity contribution in [3.8, 4) is 10.6 Å². The first-order chi connectivity index (χ1) is 9.74. The first kappa shape index (κ1) is 13.2. The van der Waals surface area contributed by atoms with Gasteiger partial charge in [0, 0.05) is 49.5 Å². The Morgan fingerprint density at radius 1 is 1.20 bits per heavy atom. The Labute approximate surface area is 121 Å². The van der Waals surface area contributed by atoms with Gasteiger partial charge in [0.05, 0.1) is 0 Å². The third-order valence-corrected chi connectivity index (χ3v) is 4.33. The van der Waals surface area contributed by atoms with Crippen LogP contribution in [0.1, 0.15) is 10.5 Å². The number of amides is 1. The van der Waals surface area contributed by atoms with Crippen molar-refractivity contribution in [3.63, 3.8) is 0 Å². The van der Waals surface area contributed by atoms with Crippen LogP contribution in [0, 0.1) is 0 Å². The molecular formula is C14H16N4OS. The number of likely N-dealkylation sites (N-methyl/N-ethyl adjacent to an activating group) is 1. The summed E-state index contributed by atoms with van der Waals surface area (Å²) in [5, 5.41) is 2.71. The van der Waals surface area contributed by atoms with E-state index in [2.05, 4.69) is 21.9 Å². The summed E-state index contributed by atoms with van der Waals surface area (Å²) < 4.78 is 0. The molecule has 1 fully saturated rings. The second kappa shape index (κ2) is 5.68. The van der Waals surface area contributed by atoms with E-state index in [1.807, 2.05) is 22.4 Å². The number of pyridine rings is 1. The molecule has 1 aliphatic rings. The lowest BCUT2D eigenvalue weighted by atomic mass is 10.3. The van der Waals surface area contributed by atoms with Gasteiger partial charge in [-0.15, -0.1) is 11.3 Å². The van der Waals surface area contributed by atoms with Gasteiger partial charge in [-0.1, -0.05) is 0 Å². The average Bonchev–Trinajstić information content (AvgIpc) is 2.98. The van der Waals surface area contributed by atoms with Crippen molar-refractivity contribution < 1.29 is 4.79 Å². The van der Waals surface area contributed by atoms with Crippen molar-refractivity contribution in [2.24, 2.45) is 0 Å². The second-order valence-corrected chi connectivity index (χ2v) is 5.73. The molecule has 6 heteroatoms. The summed E-state index contributed by atoms with van der Waals surface area (Å²) in [4.78, 5) is 25.0. The maximum absolute atomic E-state index is 12.4. The van der Waals surface area contributed by atoms with Gasteiger partial charge in [0.15, 0.2) is 0 Å². The van der Waals surface area contributed by atoms with Crippen LogP contribution in [-0.4, -0.2) is 58.9 Å². The number of nitrogens with zero attached hydrogens (tertiary/aromatic N) is 4. The molecule has 5 nitrogen and oxygen atoms in total. The second-order valence-electron chi connectivity index (χ2n) is 4.87. The molecule has 0 aliphatic carbocycles. The highest BCUT2D eigenvalue weighted by molar-refractivity contribution is 7.13. The molecule has 0 radical (unpaired) electrons. The number of thiazole rings is 1. The summed E-state index contributed by atoms with van der Waals surface area (Å²) in [5.74, 6) is 0.0367. The molecule has 104 valence electrons. The molecule has 20 heavy (non-hydrogen) atoms. The van der Waals surface area contributed by atoms with E-state index in [0.717, 1.165) is 36.8 Å². The molecule has 0 atom stereocenters. The number of piperazine rings is 1. The SMILES string of the molecule is CN1CCN(C(=O)c2csc(-c3ccncc3)n2)CC1. The van der Waals surface area contributed by atoms with E-state index in [-0.39, 0.29) is 5.91 Å². The molecule has 1 amide bonds. The molecule has 0 saturated carbocycles. The van der Waals surface area contributed by atoms with E-state index in [9.17, 15) is 4.79 Å². The van der Waals surface area contributed by atoms with Crippen molar-refractivity contribution >= 4 is 17.2 Å². The highest BCUT2D eigenvalue weighted by Crippen LogP contribution is 2.23. The van der Waals surface area contributed by atoms with Crippen LogP contribution in [0.2, 0.25) is 0 Å². The van der Waals surface area contributed by atoms with E-state index in [0.29, 0.717) is 5.69 Å². The molecule has 0 spiro atoms. The van der Waals surface area contributed by atoms with Crippen LogP contribution < -0.4 is 0 Å². The maximum Gasteiger partial charge on any atom is 0.273 e. The van der Waals surface area contributed by atoms with Crippen molar-refractivity contribution in [2.75, 3.05) is 33.2 Å². The minimum atomic E-state index is 0.0367. The quantitative estimate of drug-likeness (QED) is 0.842. The largest absolute Gasteiger partial charge is 0.335 e. The van der Waals surface area contributed by atoms with Gasteiger partial charge in [-0.05, 0) is 19.2 Å². The third-order valence-electron chi connectivity index (χ3n) is 3.44. The van der Waals surface area contributed by atoms with Gasteiger partial charge in [-0.2, -0.15) is 0 Å². The van der Waals surface area contributed by atoms with Crippen molar-refractivity contribution in [1.29, 1.82) is 0 Å². The van der Waals surface area contributed by atoms with E-state index in [4.69, 9.17) is 0 Å². The van der Waals surface area contributed by atoms with Crippen LogP contribution in [0.15, 0.2) is 29.9 Å². The fraction of sp³-hybridized carbons (Fsp3) is 0.357. The minimum Gasteiger partial charge on any atom is -0.335 e. The summed E-state index contributed by atoms with van der Waals surface area (Å²) in [6.07, 6.45) is 3.47. The lowest BCUT2D eigenvalue weighted by Gasteiger charge is -2.31. The van der Waals surface area contributed by atoms with E-state index < -0.39 is 0 Å². The van der Waals surface area contributed by atoms with E-state index in [1.54, 1.807) is 12.4 Å². The lowest BCUT2D eigenvalue weighted by molar-refractivity contribution is 0.0659. The van der Waals surface area contributed by atoms with Gasteiger partial charge < -0.3 is 9.80 Å². The summed E-state index contributed by atoms with van der Waals surface area (Å²) in [5.41, 5.74) is 1.55. The molecule has 0 aromatic carbocycles. The molecule has 2 aromatic rings. The molecule has 3 rings (SSSR count). The molecular weight excluding hydrogens is 272 g/mol. The smallest absolute Gasteiger partial charge is 0.273 e. The van der Waals surface area contributed by atoms with Crippen LogP contribution in [0.3, 0.4) is 0 Å². The molecule has 0 N–H and O–H groups in total. The predicted molar refractivity (Wildman–Crippen MR) is 78.7 cm³/mol. The Bertz CT molecular complexity index is 590. The Morgan fingerprint density at radius 2 is 1.90 bits per heavy atom. The first-order valence-electron chi connectivity index (χ1n) is 6.58. The van der Waals surface area contributed by atoms with Crippen molar-refractivity contribution in [3.05, 3.63) is 35.6 Å². The summed E-state index contributed by atoms with van der Waals surface area (Å²) in [6.45, 7) is 3.40. The highest BCUT2D eigenvalue weighted by atomic mass is 32.1. The van der Waals surface area contributed by atoms with E-state index >= 15 is 0 Å². The number of carbonyl (C=O) groups excluding carboxylic acids is 1. The normalized spacial score (nSPS) is 16.4. The van der Waals surface area contributed by atoms with Gasteiger partial charge in [0.25, 0.3) is 5.91 Å². The number of hydrogen-bond donors (Lipinski definition) is 0. The first-order valence-corrected chi connectivity index (χ1v) is 7.46. The zero-order valence-electron chi connectivity index (χ0n) is 11.3. The Balaban J connectivity index is 1.75. The van der Waals surface area contributed by atoms with Gasteiger partial charge in [-0.25, -0.2) is 4.98 Å². The zero-order valence-corrected chi connectivity index (χ0v) is 12.1. The minimum absolute atomic E-state index is 0.0367. The van der Waals surface area contributed by atoms with Gasteiger partial charge in [0.1, 0.15) is 10.7 Å². The molecule has 0 unspecified atom stereocenters. The van der Waals surface area contributed by atoms with Crippen molar-refractivity contribution in [2.45, 2.75) is 0 Å². The summed E-state index contributed by atoms with van der Waals surface area (Å²) in [6, 6.07) is 3.81. The average molecular weight is 288 g/mol. The highest BCUT2D eigenvalue weighted by Gasteiger charge is 2.22. The molecule has 1 aliphatic heterocycles. The fourth-order valence-electron chi connectivity index (χ4n) is 2.17. The monoisotopic (exact) mass is 288 g/mol. The number of carbonyl (C=O) groups is 1. The van der Waals surface area contributed by atoms with Crippen LogP contribution in [0.4, 0.5) is 0 Å². The van der Waals surface area contributed by atoms with E-state index in [1.165, 1.54) is 11.3 Å². The van der Waals surface area contributed by atoms with Crippen molar-refractivity contribution in [1.82, 2.24) is 19.8 Å². The van der Waals surface area contributed by atoms with Crippen LogP contribution in [-0.2, 0) is 0 Å². The summed E-state index contributed by atoms with van der Waals surface area (Å²) in [7, 11) is 2.08. The standard InChI is InChI=1S/C14H16N4OS/c1-17-6-8-18(9-7-17)14(19)12-10-20-13(16-12)11-2-4-15-5-3-11/h2-5,10H,6-9H2,1H3. The molecule has 2 aromatic heterocycles. The van der Waals surface area contributed by atoms with Crippen LogP contribution in [0.25, 0.3) is 10.6 Å². The molecule has 3 heterocycles. The number of hydrogen-bond acceptors (Lipinski definition) is 5. The predicted octanol–water partition coefficient (Wildman–Crippen LogP) is 1.59. The lowest BCUT2D eigenvalue weighted by Crippen LogP contribution is -2.47. The number of rotatable bonds is 2. The molecule has 1 saturated heterocycles. The Kier molecular flexibility index (Phi) is 3.75. The molecule has 0 bridgehead atoms. The fourth-order valence-corrected chi connectivity index (χ4v) is 2.97. The van der Waals surface area contributed by atoms with Crippen LogP contribution in [0.5, 0.6) is 0 Å².